The third-order valence-corrected chi connectivity index (χ3v) is 5.26. The first-order valence-electron chi connectivity index (χ1n) is 8.60. The van der Waals surface area contributed by atoms with Gasteiger partial charge >= 0.3 is 0 Å². The van der Waals surface area contributed by atoms with Gasteiger partial charge in [0.2, 0.25) is 5.95 Å². The summed E-state index contributed by atoms with van der Waals surface area (Å²) in [6.45, 7) is 4.64. The van der Waals surface area contributed by atoms with Crippen LogP contribution in [-0.4, -0.2) is 33.8 Å². The minimum Gasteiger partial charge on any atom is -0.392 e. The van der Waals surface area contributed by atoms with Gasteiger partial charge in [0.15, 0.2) is 0 Å². The maximum atomic E-state index is 9.89. The summed E-state index contributed by atoms with van der Waals surface area (Å²) in [5, 5.41) is 26.4. The molecule has 2 aromatic rings. The fraction of sp³-hybridized carbons (Fsp3) is 0.421. The number of nitrogens with one attached hydrogen (secondary N) is 2. The molecule has 136 valence electrons. The Labute approximate surface area is 158 Å². The Kier molecular flexibility index (Phi) is 5.30. The zero-order valence-corrected chi connectivity index (χ0v) is 15.6. The minimum absolute atomic E-state index is 0.0683. The second-order valence-electron chi connectivity index (χ2n) is 7.14. The molecule has 0 unspecified atom stereocenters. The molecule has 0 spiro atoms. The van der Waals surface area contributed by atoms with Crippen LogP contribution in [0.4, 0.5) is 11.8 Å². The summed E-state index contributed by atoms with van der Waals surface area (Å²) in [5.74, 6) is 0.962. The molecule has 0 radical (unpaired) electrons. The first kappa shape index (κ1) is 18.4. The predicted octanol–water partition coefficient (Wildman–Crippen LogP) is 3.23. The van der Waals surface area contributed by atoms with Gasteiger partial charge in [0.1, 0.15) is 17.5 Å². The molecule has 1 aromatic carbocycles. The van der Waals surface area contributed by atoms with Crippen LogP contribution < -0.4 is 10.6 Å². The van der Waals surface area contributed by atoms with Gasteiger partial charge in [-0.05, 0) is 30.5 Å². The normalized spacial score (nSPS) is 20.7. The molecule has 1 aliphatic carbocycles. The summed E-state index contributed by atoms with van der Waals surface area (Å²) < 4.78 is 0. The lowest BCUT2D eigenvalue weighted by Gasteiger charge is -2.49. The third-order valence-electron chi connectivity index (χ3n) is 5.02. The maximum absolute atomic E-state index is 9.89. The molecule has 1 aliphatic rings. The standard InChI is InChI=1S/C19H22ClN5O/c1-19(2)15(9-16(19)26)24-17-13(10-21)11-23-18(25-17)22-7-6-12-4-3-5-14(20)8-12/h3-5,8,11,15-16,26H,6-7,9H2,1-2H3,(H2,22,23,24,25)/t15-,16+/m1/s1. The van der Waals surface area contributed by atoms with Gasteiger partial charge in [0.25, 0.3) is 0 Å². The van der Waals surface area contributed by atoms with Gasteiger partial charge in [0, 0.05) is 23.0 Å². The summed E-state index contributed by atoms with van der Waals surface area (Å²) >= 11 is 5.99. The van der Waals surface area contributed by atoms with Crippen LogP contribution in [0.3, 0.4) is 0 Å². The Morgan fingerprint density at radius 2 is 2.23 bits per heavy atom. The SMILES string of the molecule is CC1(C)[C@@H](O)C[C@H]1Nc1nc(NCCc2cccc(Cl)c2)ncc1C#N. The van der Waals surface area contributed by atoms with E-state index in [1.54, 1.807) is 0 Å². The number of hydrogen-bond acceptors (Lipinski definition) is 6. The lowest BCUT2D eigenvalue weighted by atomic mass is 9.64. The largest absolute Gasteiger partial charge is 0.392 e. The van der Waals surface area contributed by atoms with E-state index in [9.17, 15) is 10.4 Å². The van der Waals surface area contributed by atoms with Crippen molar-refractivity contribution in [3.8, 4) is 6.07 Å². The molecule has 1 heterocycles. The number of halogens is 1. The highest BCUT2D eigenvalue weighted by Gasteiger charge is 2.47. The predicted molar refractivity (Wildman–Crippen MR) is 102 cm³/mol. The molecule has 1 saturated carbocycles. The lowest BCUT2D eigenvalue weighted by molar-refractivity contribution is -0.0511. The highest BCUT2D eigenvalue weighted by Crippen LogP contribution is 2.42. The van der Waals surface area contributed by atoms with Crippen molar-refractivity contribution < 1.29 is 5.11 Å². The van der Waals surface area contributed by atoms with Crippen molar-refractivity contribution in [2.24, 2.45) is 5.41 Å². The summed E-state index contributed by atoms with van der Waals surface area (Å²) in [5.41, 5.74) is 1.27. The van der Waals surface area contributed by atoms with Crippen LogP contribution in [0, 0.1) is 16.7 Å². The van der Waals surface area contributed by atoms with E-state index >= 15 is 0 Å². The first-order chi connectivity index (χ1) is 12.4. The van der Waals surface area contributed by atoms with Crippen molar-refractivity contribution in [2.75, 3.05) is 17.2 Å². The van der Waals surface area contributed by atoms with Crippen molar-refractivity contribution in [1.82, 2.24) is 9.97 Å². The number of anilines is 2. The van der Waals surface area contributed by atoms with Crippen LogP contribution in [0.5, 0.6) is 0 Å². The van der Waals surface area contributed by atoms with E-state index in [2.05, 4.69) is 26.7 Å². The summed E-state index contributed by atoms with van der Waals surface area (Å²) in [7, 11) is 0. The summed E-state index contributed by atoms with van der Waals surface area (Å²) in [4.78, 5) is 8.64. The zero-order valence-electron chi connectivity index (χ0n) is 14.8. The maximum Gasteiger partial charge on any atom is 0.224 e. The topological polar surface area (TPSA) is 93.9 Å². The molecule has 0 aliphatic heterocycles. The second kappa shape index (κ2) is 7.48. The van der Waals surface area contributed by atoms with E-state index in [0.717, 1.165) is 12.0 Å². The molecule has 0 saturated heterocycles. The molecular weight excluding hydrogens is 350 g/mol. The molecule has 3 N–H and O–H groups in total. The van der Waals surface area contributed by atoms with E-state index in [0.29, 0.717) is 35.3 Å². The molecular formula is C19H22ClN5O. The Balaban J connectivity index is 1.65. The van der Waals surface area contributed by atoms with Gasteiger partial charge in [-0.3, -0.25) is 0 Å². The van der Waals surface area contributed by atoms with Crippen LogP contribution in [0.1, 0.15) is 31.4 Å². The van der Waals surface area contributed by atoms with Crippen LogP contribution in [0.25, 0.3) is 0 Å². The molecule has 2 atom stereocenters. The van der Waals surface area contributed by atoms with Crippen LogP contribution in [-0.2, 0) is 6.42 Å². The smallest absolute Gasteiger partial charge is 0.224 e. The second-order valence-corrected chi connectivity index (χ2v) is 7.58. The van der Waals surface area contributed by atoms with Crippen molar-refractivity contribution in [3.63, 3.8) is 0 Å². The van der Waals surface area contributed by atoms with Crippen LogP contribution >= 0.6 is 11.6 Å². The Morgan fingerprint density at radius 1 is 1.42 bits per heavy atom. The number of benzene rings is 1. The molecule has 6 nitrogen and oxygen atoms in total. The van der Waals surface area contributed by atoms with Gasteiger partial charge in [-0.15, -0.1) is 0 Å². The Hall–Kier alpha value is -2.36. The number of nitrogens with zero attached hydrogens (tertiary/aromatic N) is 3. The zero-order chi connectivity index (χ0) is 18.7. The van der Waals surface area contributed by atoms with E-state index < -0.39 is 0 Å². The highest BCUT2D eigenvalue weighted by atomic mass is 35.5. The van der Waals surface area contributed by atoms with Gasteiger partial charge in [0.05, 0.1) is 12.3 Å². The number of aliphatic hydroxyl groups is 1. The first-order valence-corrected chi connectivity index (χ1v) is 8.98. The molecule has 7 heteroatoms. The van der Waals surface area contributed by atoms with Crippen molar-refractivity contribution in [1.29, 1.82) is 5.26 Å². The number of aliphatic hydroxyl groups excluding tert-OH is 1. The quantitative estimate of drug-likeness (QED) is 0.721. The van der Waals surface area contributed by atoms with Crippen molar-refractivity contribution in [2.45, 2.75) is 38.8 Å². The molecule has 1 fully saturated rings. The highest BCUT2D eigenvalue weighted by molar-refractivity contribution is 6.30. The number of aromatic nitrogens is 2. The number of hydrogen-bond donors (Lipinski definition) is 3. The van der Waals surface area contributed by atoms with Gasteiger partial charge in [-0.1, -0.05) is 37.6 Å². The monoisotopic (exact) mass is 371 g/mol. The van der Waals surface area contributed by atoms with Gasteiger partial charge in [-0.25, -0.2) is 4.98 Å². The molecule has 1 aromatic heterocycles. The fourth-order valence-electron chi connectivity index (χ4n) is 2.98. The molecule has 0 amide bonds. The van der Waals surface area contributed by atoms with E-state index in [1.807, 2.05) is 38.1 Å². The van der Waals surface area contributed by atoms with E-state index in [1.165, 1.54) is 6.20 Å². The lowest BCUT2D eigenvalue weighted by Crippen LogP contribution is -2.57. The van der Waals surface area contributed by atoms with Gasteiger partial charge in [-0.2, -0.15) is 10.2 Å². The number of rotatable bonds is 6. The average Bonchev–Trinajstić information content (AvgIpc) is 2.62. The average molecular weight is 372 g/mol. The summed E-state index contributed by atoms with van der Waals surface area (Å²) in [6, 6.07) is 9.90. The van der Waals surface area contributed by atoms with Crippen LogP contribution in [0.15, 0.2) is 30.5 Å². The fourth-order valence-corrected chi connectivity index (χ4v) is 3.20. The van der Waals surface area contributed by atoms with E-state index in [-0.39, 0.29) is 17.6 Å². The van der Waals surface area contributed by atoms with Crippen molar-refractivity contribution in [3.05, 3.63) is 46.6 Å². The molecule has 3 rings (SSSR count). The third kappa shape index (κ3) is 3.90. The minimum atomic E-state index is -0.345. The summed E-state index contributed by atoms with van der Waals surface area (Å²) in [6.07, 6.45) is 2.59. The van der Waals surface area contributed by atoms with Crippen LogP contribution in [0.2, 0.25) is 5.02 Å². The van der Waals surface area contributed by atoms with Crippen molar-refractivity contribution >= 4 is 23.4 Å². The number of nitriles is 1. The molecule has 0 bridgehead atoms. The van der Waals surface area contributed by atoms with Gasteiger partial charge < -0.3 is 15.7 Å². The Bertz CT molecular complexity index is 833. The Morgan fingerprint density at radius 3 is 2.88 bits per heavy atom. The molecule has 26 heavy (non-hydrogen) atoms. The van der Waals surface area contributed by atoms with E-state index in [4.69, 9.17) is 11.6 Å².